The van der Waals surface area contributed by atoms with Gasteiger partial charge in [-0.3, -0.25) is 4.79 Å². The molecule has 0 saturated carbocycles. The number of methoxy groups -OCH3 is 2. The topological polar surface area (TPSA) is 125 Å². The fraction of sp³-hybridized carbons (Fsp3) is 0.240. The molecule has 0 radical (unpaired) electrons. The highest BCUT2D eigenvalue weighted by atomic mass is 19.4. The molecule has 1 amide bonds. The monoisotopic (exact) mass is 515 g/mol. The molecule has 4 rings (SSSR count). The van der Waals surface area contributed by atoms with Gasteiger partial charge < -0.3 is 30.3 Å². The van der Waals surface area contributed by atoms with E-state index in [1.807, 2.05) is 24.3 Å². The Balaban J connectivity index is 1.56. The number of carbonyl (C=O) groups is 1. The molecule has 2 aromatic heterocycles. The number of hydrogen-bond donors (Lipinski definition) is 3. The third kappa shape index (κ3) is 5.43. The lowest BCUT2D eigenvalue weighted by Crippen LogP contribution is -2.30. The van der Waals surface area contributed by atoms with Crippen molar-refractivity contribution in [2.24, 2.45) is 5.73 Å². The largest absolute Gasteiger partial charge is 0.495 e. The summed E-state index contributed by atoms with van der Waals surface area (Å²) in [5, 5.41) is 6.23. The number of nitrogens with zero attached hydrogens (tertiary/aromatic N) is 2. The second kappa shape index (κ2) is 10.7. The van der Waals surface area contributed by atoms with Crippen molar-refractivity contribution in [3.63, 3.8) is 0 Å². The molecule has 0 aliphatic rings. The highest BCUT2D eigenvalue weighted by molar-refractivity contribution is 5.98. The van der Waals surface area contributed by atoms with Crippen LogP contribution in [0.4, 0.5) is 18.9 Å². The van der Waals surface area contributed by atoms with E-state index in [0.717, 1.165) is 11.8 Å². The van der Waals surface area contributed by atoms with Crippen LogP contribution in [0.25, 0.3) is 22.4 Å². The van der Waals surface area contributed by atoms with Crippen LogP contribution in [0.5, 0.6) is 11.5 Å². The molecule has 0 aliphatic carbocycles. The zero-order valence-corrected chi connectivity index (χ0v) is 20.0. The number of pyridine rings is 1. The maximum Gasteiger partial charge on any atom is 0.433 e. The summed E-state index contributed by atoms with van der Waals surface area (Å²) in [5.41, 5.74) is 5.79. The summed E-state index contributed by atoms with van der Waals surface area (Å²) in [7, 11) is 2.90. The molecule has 2 aromatic carbocycles. The molecular weight excluding hydrogens is 491 g/mol. The molecule has 4 aromatic rings. The van der Waals surface area contributed by atoms with Crippen molar-refractivity contribution in [1.82, 2.24) is 15.3 Å². The Hall–Kier alpha value is -4.32. The number of rotatable bonds is 9. The van der Waals surface area contributed by atoms with Crippen LogP contribution in [0.2, 0.25) is 0 Å². The molecule has 0 atom stereocenters. The number of amides is 1. The summed E-state index contributed by atoms with van der Waals surface area (Å²) >= 11 is 0. The quantitative estimate of drug-likeness (QED) is 0.283. The Morgan fingerprint density at radius 3 is 2.46 bits per heavy atom. The van der Waals surface area contributed by atoms with E-state index in [9.17, 15) is 18.0 Å². The zero-order valence-electron chi connectivity index (χ0n) is 20.0. The molecule has 12 heteroatoms. The maximum atomic E-state index is 13.2. The Bertz CT molecular complexity index is 1420. The number of nitrogens with two attached hydrogens (primary N) is 1. The van der Waals surface area contributed by atoms with Crippen molar-refractivity contribution in [3.8, 4) is 23.0 Å². The van der Waals surface area contributed by atoms with Crippen molar-refractivity contribution in [2.45, 2.75) is 12.7 Å². The number of fused-ring (bicyclic) bond motifs is 1. The number of hydrogen-bond acceptors (Lipinski definition) is 8. The van der Waals surface area contributed by atoms with Crippen molar-refractivity contribution in [3.05, 3.63) is 65.7 Å². The van der Waals surface area contributed by atoms with Crippen molar-refractivity contribution >= 4 is 22.5 Å². The number of halogens is 3. The minimum atomic E-state index is -4.63. The van der Waals surface area contributed by atoms with E-state index in [1.165, 1.54) is 19.2 Å². The number of anilines is 1. The van der Waals surface area contributed by atoms with Gasteiger partial charge >= 0.3 is 6.18 Å². The number of aromatic nitrogens is 2. The Labute approximate surface area is 209 Å². The first-order valence-electron chi connectivity index (χ1n) is 11.2. The lowest BCUT2D eigenvalue weighted by Gasteiger charge is -2.11. The van der Waals surface area contributed by atoms with Crippen LogP contribution in [0, 0.1) is 0 Å². The third-order valence-electron chi connectivity index (χ3n) is 5.49. The van der Waals surface area contributed by atoms with Gasteiger partial charge in [-0.15, -0.1) is 0 Å². The molecule has 0 spiro atoms. The van der Waals surface area contributed by atoms with E-state index in [-0.39, 0.29) is 41.7 Å². The number of ether oxygens (including phenoxy) is 2. The van der Waals surface area contributed by atoms with E-state index >= 15 is 0 Å². The minimum Gasteiger partial charge on any atom is -0.495 e. The van der Waals surface area contributed by atoms with Gasteiger partial charge in [0.15, 0.2) is 11.5 Å². The van der Waals surface area contributed by atoms with E-state index in [0.29, 0.717) is 23.2 Å². The van der Waals surface area contributed by atoms with Crippen LogP contribution >= 0.6 is 0 Å². The van der Waals surface area contributed by atoms with E-state index in [4.69, 9.17) is 19.6 Å². The van der Waals surface area contributed by atoms with Gasteiger partial charge in [0, 0.05) is 24.0 Å². The molecule has 0 fully saturated rings. The molecule has 37 heavy (non-hydrogen) atoms. The van der Waals surface area contributed by atoms with Crippen molar-refractivity contribution < 1.29 is 31.9 Å². The highest BCUT2D eigenvalue weighted by Crippen LogP contribution is 2.37. The normalized spacial score (nSPS) is 11.4. The summed E-state index contributed by atoms with van der Waals surface area (Å²) in [6.45, 7) is 0.559. The van der Waals surface area contributed by atoms with Gasteiger partial charge in [-0.1, -0.05) is 12.1 Å². The minimum absolute atomic E-state index is 0.0152. The van der Waals surface area contributed by atoms with Crippen LogP contribution in [-0.4, -0.2) is 43.2 Å². The molecule has 4 N–H and O–H groups in total. The second-order valence-electron chi connectivity index (χ2n) is 7.78. The Morgan fingerprint density at radius 1 is 1.00 bits per heavy atom. The fourth-order valence-corrected chi connectivity index (χ4v) is 3.73. The van der Waals surface area contributed by atoms with Gasteiger partial charge in [-0.05, 0) is 36.4 Å². The highest BCUT2D eigenvalue weighted by Gasteiger charge is 2.33. The smallest absolute Gasteiger partial charge is 0.433 e. The van der Waals surface area contributed by atoms with Gasteiger partial charge in [-0.2, -0.15) is 13.2 Å². The van der Waals surface area contributed by atoms with Crippen LogP contribution in [0.1, 0.15) is 21.9 Å². The van der Waals surface area contributed by atoms with Gasteiger partial charge in [0.1, 0.15) is 22.7 Å². The molecule has 9 nitrogen and oxygen atoms in total. The standard InChI is InChI=1S/C25H24F3N5O4/c1-35-17-6-4-3-5-16(17)30-11-12-31-23(34)22-19(13-29)37-24(33-22)15-7-9-18(36-2)21-14(15)8-10-20(32-21)25(26,27)28/h3-10,30H,11-13,29H2,1-2H3,(H,31,34). The summed E-state index contributed by atoms with van der Waals surface area (Å²) in [6.07, 6.45) is -4.63. The predicted octanol–water partition coefficient (Wildman–Crippen LogP) is 4.23. The maximum absolute atomic E-state index is 13.2. The number of para-hydroxylation sites is 2. The van der Waals surface area contributed by atoms with Crippen LogP contribution in [-0.2, 0) is 12.7 Å². The van der Waals surface area contributed by atoms with Crippen LogP contribution in [0.15, 0.2) is 52.9 Å². The number of alkyl halides is 3. The summed E-state index contributed by atoms with van der Waals surface area (Å²) < 4.78 is 55.9. The average molecular weight is 515 g/mol. The first kappa shape index (κ1) is 25.8. The zero-order chi connectivity index (χ0) is 26.6. The SMILES string of the molecule is COc1ccccc1NCCNC(=O)c1nc(-c2ccc(OC)c3nc(C(F)(F)F)ccc23)oc1CN. The van der Waals surface area contributed by atoms with E-state index in [2.05, 4.69) is 20.6 Å². The number of carbonyl (C=O) groups excluding carboxylic acids is 1. The summed E-state index contributed by atoms with van der Waals surface area (Å²) in [5.74, 6) is 0.466. The van der Waals surface area contributed by atoms with Crippen molar-refractivity contribution in [2.75, 3.05) is 32.6 Å². The molecular formula is C25H24F3N5O4. The van der Waals surface area contributed by atoms with E-state index < -0.39 is 17.8 Å². The van der Waals surface area contributed by atoms with Crippen molar-refractivity contribution in [1.29, 1.82) is 0 Å². The van der Waals surface area contributed by atoms with Gasteiger partial charge in [0.25, 0.3) is 5.91 Å². The molecule has 194 valence electrons. The lowest BCUT2D eigenvalue weighted by atomic mass is 10.1. The van der Waals surface area contributed by atoms with Gasteiger partial charge in [0.2, 0.25) is 5.89 Å². The van der Waals surface area contributed by atoms with Gasteiger partial charge in [-0.25, -0.2) is 9.97 Å². The molecule has 2 heterocycles. The third-order valence-corrected chi connectivity index (χ3v) is 5.49. The van der Waals surface area contributed by atoms with Crippen LogP contribution in [0.3, 0.4) is 0 Å². The molecule has 0 saturated heterocycles. The number of nitrogens with one attached hydrogen (secondary N) is 2. The number of benzene rings is 2. The number of oxazole rings is 1. The molecule has 0 bridgehead atoms. The average Bonchev–Trinajstić information content (AvgIpc) is 3.34. The summed E-state index contributed by atoms with van der Waals surface area (Å²) in [6, 6.07) is 12.5. The first-order valence-corrected chi connectivity index (χ1v) is 11.2. The molecule has 0 unspecified atom stereocenters. The predicted molar refractivity (Wildman–Crippen MR) is 131 cm³/mol. The first-order chi connectivity index (χ1) is 17.8. The molecule has 0 aliphatic heterocycles. The lowest BCUT2D eigenvalue weighted by molar-refractivity contribution is -0.140. The second-order valence-corrected chi connectivity index (χ2v) is 7.78. The van der Waals surface area contributed by atoms with E-state index in [1.54, 1.807) is 13.2 Å². The Kier molecular flexibility index (Phi) is 7.48. The van der Waals surface area contributed by atoms with Crippen LogP contribution < -0.4 is 25.8 Å². The van der Waals surface area contributed by atoms with Gasteiger partial charge in [0.05, 0.1) is 26.5 Å². The Morgan fingerprint density at radius 2 is 1.76 bits per heavy atom. The fourth-order valence-electron chi connectivity index (χ4n) is 3.73. The summed E-state index contributed by atoms with van der Waals surface area (Å²) in [4.78, 5) is 20.9.